The van der Waals surface area contributed by atoms with Crippen molar-refractivity contribution < 1.29 is 4.79 Å². The molecular weight excluding hydrogens is 292 g/mol. The fourth-order valence-corrected chi connectivity index (χ4v) is 3.48. The summed E-state index contributed by atoms with van der Waals surface area (Å²) < 4.78 is 1.01. The van der Waals surface area contributed by atoms with Crippen LogP contribution < -0.4 is 5.32 Å². The summed E-state index contributed by atoms with van der Waals surface area (Å²) in [6, 6.07) is 8.19. The highest BCUT2D eigenvalue weighted by Gasteiger charge is 2.37. The third kappa shape index (κ3) is 2.08. The van der Waals surface area contributed by atoms with Gasteiger partial charge in [0.15, 0.2) is 0 Å². The van der Waals surface area contributed by atoms with E-state index in [2.05, 4.69) is 26.1 Å². The normalized spacial score (nSPS) is 28.1. The molecule has 2 saturated heterocycles. The van der Waals surface area contributed by atoms with E-state index >= 15 is 0 Å². The fourth-order valence-electron chi connectivity index (χ4n) is 2.96. The molecule has 1 aromatic carbocycles. The maximum Gasteiger partial charge on any atom is 0.244 e. The van der Waals surface area contributed by atoms with Crippen LogP contribution in [0, 0.1) is 0 Å². The van der Waals surface area contributed by atoms with Gasteiger partial charge in [0.2, 0.25) is 5.91 Å². The van der Waals surface area contributed by atoms with E-state index in [4.69, 9.17) is 0 Å². The summed E-state index contributed by atoms with van der Waals surface area (Å²) >= 11 is 3.54. The number of benzene rings is 1. The lowest BCUT2D eigenvalue weighted by Gasteiger charge is -2.43. The first-order chi connectivity index (χ1) is 8.77. The molecule has 0 bridgehead atoms. The Labute approximate surface area is 116 Å². The van der Waals surface area contributed by atoms with E-state index in [0.717, 1.165) is 36.0 Å². The minimum absolute atomic E-state index is 0.185. The van der Waals surface area contributed by atoms with Crippen LogP contribution in [-0.2, 0) is 4.79 Å². The number of hydrogen-bond acceptors (Lipinski definition) is 2. The van der Waals surface area contributed by atoms with Crippen LogP contribution in [0.25, 0.3) is 0 Å². The van der Waals surface area contributed by atoms with Crippen LogP contribution in [0.15, 0.2) is 28.7 Å². The fraction of sp³-hybridized carbons (Fsp3) is 0.500. The molecule has 2 unspecified atom stereocenters. The van der Waals surface area contributed by atoms with Crippen molar-refractivity contribution in [1.29, 1.82) is 0 Å². The molecule has 1 amide bonds. The lowest BCUT2D eigenvalue weighted by Crippen LogP contribution is -2.57. The van der Waals surface area contributed by atoms with E-state index in [9.17, 15) is 4.79 Å². The Bertz CT molecular complexity index is 463. The molecule has 2 heterocycles. The summed E-state index contributed by atoms with van der Waals surface area (Å²) in [5.74, 6) is 0.234. The molecule has 1 aromatic rings. The summed E-state index contributed by atoms with van der Waals surface area (Å²) in [6.45, 7) is 1.84. The molecule has 1 N–H and O–H groups in total. The molecule has 3 rings (SSSR count). The molecule has 96 valence electrons. The van der Waals surface area contributed by atoms with E-state index in [0.29, 0.717) is 6.04 Å². The minimum Gasteiger partial charge on any atom is -0.337 e. The SMILES string of the molecule is O=C1C(c2ccccc2Br)NCC2CCCCN12. The second kappa shape index (κ2) is 5.02. The molecule has 4 heteroatoms. The van der Waals surface area contributed by atoms with Gasteiger partial charge in [0, 0.05) is 23.6 Å². The standard InChI is InChI=1S/C14H17BrN2O/c15-12-7-2-1-6-11(12)13-14(18)17-8-4-3-5-10(17)9-16-13/h1-2,6-7,10,13,16H,3-5,8-9H2. The first-order valence-electron chi connectivity index (χ1n) is 6.55. The number of halogens is 1. The zero-order valence-corrected chi connectivity index (χ0v) is 11.8. The second-order valence-electron chi connectivity index (χ2n) is 5.04. The van der Waals surface area contributed by atoms with E-state index in [1.54, 1.807) is 0 Å². The molecule has 2 aliphatic rings. The zero-order chi connectivity index (χ0) is 12.5. The number of nitrogens with one attached hydrogen (secondary N) is 1. The number of piperazine rings is 1. The van der Waals surface area contributed by atoms with E-state index in [-0.39, 0.29) is 11.9 Å². The molecule has 0 radical (unpaired) electrons. The van der Waals surface area contributed by atoms with Crippen LogP contribution in [0.4, 0.5) is 0 Å². The van der Waals surface area contributed by atoms with Gasteiger partial charge in [-0.25, -0.2) is 0 Å². The van der Waals surface area contributed by atoms with Crippen LogP contribution >= 0.6 is 15.9 Å². The van der Waals surface area contributed by atoms with Crippen molar-refractivity contribution in [2.24, 2.45) is 0 Å². The van der Waals surface area contributed by atoms with E-state index in [1.807, 2.05) is 24.3 Å². The number of rotatable bonds is 1. The molecule has 18 heavy (non-hydrogen) atoms. The summed E-state index contributed by atoms with van der Waals surface area (Å²) in [7, 11) is 0. The second-order valence-corrected chi connectivity index (χ2v) is 5.90. The van der Waals surface area contributed by atoms with Crippen molar-refractivity contribution >= 4 is 21.8 Å². The van der Waals surface area contributed by atoms with Crippen LogP contribution in [0.5, 0.6) is 0 Å². The van der Waals surface area contributed by atoms with Crippen LogP contribution in [0.2, 0.25) is 0 Å². The van der Waals surface area contributed by atoms with Gasteiger partial charge in [-0.3, -0.25) is 4.79 Å². The largest absolute Gasteiger partial charge is 0.337 e. The number of nitrogens with zero attached hydrogens (tertiary/aromatic N) is 1. The van der Waals surface area contributed by atoms with Crippen molar-refractivity contribution in [3.63, 3.8) is 0 Å². The van der Waals surface area contributed by atoms with Crippen LogP contribution in [0.3, 0.4) is 0 Å². The summed E-state index contributed by atoms with van der Waals surface area (Å²) in [4.78, 5) is 14.6. The van der Waals surface area contributed by atoms with Crippen LogP contribution in [-0.4, -0.2) is 29.9 Å². The van der Waals surface area contributed by atoms with Crippen molar-refractivity contribution in [2.45, 2.75) is 31.3 Å². The van der Waals surface area contributed by atoms with Gasteiger partial charge >= 0.3 is 0 Å². The van der Waals surface area contributed by atoms with Gasteiger partial charge in [0.1, 0.15) is 6.04 Å². The topological polar surface area (TPSA) is 32.3 Å². The molecule has 2 atom stereocenters. The highest BCUT2D eigenvalue weighted by molar-refractivity contribution is 9.10. The highest BCUT2D eigenvalue weighted by atomic mass is 79.9. The average Bonchev–Trinajstić information content (AvgIpc) is 2.41. The van der Waals surface area contributed by atoms with Crippen molar-refractivity contribution in [2.75, 3.05) is 13.1 Å². The van der Waals surface area contributed by atoms with Crippen molar-refractivity contribution in [3.8, 4) is 0 Å². The van der Waals surface area contributed by atoms with Gasteiger partial charge in [-0.2, -0.15) is 0 Å². The molecule has 2 fully saturated rings. The monoisotopic (exact) mass is 308 g/mol. The molecule has 3 nitrogen and oxygen atoms in total. The molecule has 0 saturated carbocycles. The van der Waals surface area contributed by atoms with Gasteiger partial charge < -0.3 is 10.2 Å². The molecule has 0 spiro atoms. The number of piperidine rings is 1. The predicted octanol–water partition coefficient (Wildman–Crippen LogP) is 2.47. The van der Waals surface area contributed by atoms with E-state index in [1.165, 1.54) is 6.42 Å². The Morgan fingerprint density at radius 3 is 2.94 bits per heavy atom. The Morgan fingerprint density at radius 1 is 1.28 bits per heavy atom. The molecule has 2 aliphatic heterocycles. The first-order valence-corrected chi connectivity index (χ1v) is 7.35. The average molecular weight is 309 g/mol. The predicted molar refractivity (Wildman–Crippen MR) is 74.2 cm³/mol. The van der Waals surface area contributed by atoms with Gasteiger partial charge in [-0.1, -0.05) is 34.1 Å². The number of carbonyl (C=O) groups is 1. The Balaban J connectivity index is 1.86. The Morgan fingerprint density at radius 2 is 2.11 bits per heavy atom. The number of amides is 1. The quantitative estimate of drug-likeness (QED) is 0.864. The van der Waals surface area contributed by atoms with Gasteiger partial charge in [-0.15, -0.1) is 0 Å². The Hall–Kier alpha value is -0.870. The van der Waals surface area contributed by atoms with Crippen LogP contribution in [0.1, 0.15) is 30.9 Å². The third-order valence-electron chi connectivity index (χ3n) is 3.93. The summed E-state index contributed by atoms with van der Waals surface area (Å²) in [5.41, 5.74) is 1.05. The summed E-state index contributed by atoms with van der Waals surface area (Å²) in [5, 5.41) is 3.40. The number of carbonyl (C=O) groups excluding carboxylic acids is 1. The van der Waals surface area contributed by atoms with Gasteiger partial charge in [0.25, 0.3) is 0 Å². The van der Waals surface area contributed by atoms with Crippen molar-refractivity contribution in [3.05, 3.63) is 34.3 Å². The lowest BCUT2D eigenvalue weighted by molar-refractivity contribution is -0.140. The maximum atomic E-state index is 12.6. The zero-order valence-electron chi connectivity index (χ0n) is 10.2. The van der Waals surface area contributed by atoms with Gasteiger partial charge in [0.05, 0.1) is 0 Å². The Kier molecular flexibility index (Phi) is 3.39. The third-order valence-corrected chi connectivity index (χ3v) is 4.65. The smallest absolute Gasteiger partial charge is 0.244 e. The molecule has 0 aliphatic carbocycles. The molecule has 0 aromatic heterocycles. The first kappa shape index (κ1) is 12.2. The highest BCUT2D eigenvalue weighted by Crippen LogP contribution is 2.30. The maximum absolute atomic E-state index is 12.6. The molecular formula is C14H17BrN2O. The van der Waals surface area contributed by atoms with Crippen molar-refractivity contribution in [1.82, 2.24) is 10.2 Å². The lowest BCUT2D eigenvalue weighted by atomic mass is 9.95. The number of hydrogen-bond donors (Lipinski definition) is 1. The van der Waals surface area contributed by atoms with E-state index < -0.39 is 0 Å². The number of fused-ring (bicyclic) bond motifs is 1. The van der Waals surface area contributed by atoms with Gasteiger partial charge in [-0.05, 0) is 30.9 Å². The summed E-state index contributed by atoms with van der Waals surface area (Å²) in [6.07, 6.45) is 3.53. The minimum atomic E-state index is -0.185.